The van der Waals surface area contributed by atoms with Crippen LogP contribution in [0.4, 0.5) is 0 Å². The van der Waals surface area contributed by atoms with Crippen molar-refractivity contribution >= 4 is 5.91 Å². The fraction of sp³-hybridized carbons (Fsp3) is 0.923. The highest BCUT2D eigenvalue weighted by Gasteiger charge is 2.26. The molecular formula is C13H26N2O. The molecule has 1 unspecified atom stereocenters. The number of likely N-dealkylation sites (tertiary alicyclic amines) is 1. The summed E-state index contributed by atoms with van der Waals surface area (Å²) in [6.07, 6.45) is 5.06. The smallest absolute Gasteiger partial charge is 0.222 e. The number of nitrogens with zero attached hydrogens (tertiary/aromatic N) is 1. The van der Waals surface area contributed by atoms with Crippen LogP contribution in [0, 0.1) is 5.41 Å². The molecule has 0 spiro atoms. The quantitative estimate of drug-likeness (QED) is 0.801. The van der Waals surface area contributed by atoms with Crippen LogP contribution in [0.3, 0.4) is 0 Å². The van der Waals surface area contributed by atoms with E-state index in [1.807, 2.05) is 4.90 Å². The van der Waals surface area contributed by atoms with E-state index in [0.717, 1.165) is 25.8 Å². The Bertz CT molecular complexity index is 233. The minimum Gasteiger partial charge on any atom is -0.338 e. The lowest BCUT2D eigenvalue weighted by Gasteiger charge is -2.35. The van der Waals surface area contributed by atoms with Crippen molar-refractivity contribution in [2.24, 2.45) is 11.1 Å². The third-order valence-electron chi connectivity index (χ3n) is 3.31. The number of rotatable bonds is 3. The standard InChI is InChI=1S/C13H26N2O/c1-13(2,3)8-7-12(16)15-9-5-4-6-11(15)10-14/h11H,4-10,14H2,1-3H3. The molecule has 0 aromatic rings. The first kappa shape index (κ1) is 13.5. The van der Waals surface area contributed by atoms with Gasteiger partial charge in [0.05, 0.1) is 0 Å². The third kappa shape index (κ3) is 4.12. The average molecular weight is 226 g/mol. The molecule has 1 fully saturated rings. The summed E-state index contributed by atoms with van der Waals surface area (Å²) in [6, 6.07) is 0.293. The summed E-state index contributed by atoms with van der Waals surface area (Å²) < 4.78 is 0. The summed E-state index contributed by atoms with van der Waals surface area (Å²) in [5.74, 6) is 0.296. The van der Waals surface area contributed by atoms with E-state index in [1.165, 1.54) is 6.42 Å². The molecule has 0 saturated carbocycles. The third-order valence-corrected chi connectivity index (χ3v) is 3.31. The van der Waals surface area contributed by atoms with Gasteiger partial charge in [-0.05, 0) is 31.1 Å². The second-order valence-corrected chi connectivity index (χ2v) is 6.03. The van der Waals surface area contributed by atoms with E-state index >= 15 is 0 Å². The monoisotopic (exact) mass is 226 g/mol. The maximum atomic E-state index is 12.1. The van der Waals surface area contributed by atoms with Gasteiger partial charge in [-0.1, -0.05) is 20.8 Å². The van der Waals surface area contributed by atoms with Crippen molar-refractivity contribution in [3.63, 3.8) is 0 Å². The van der Waals surface area contributed by atoms with Gasteiger partial charge in [0.1, 0.15) is 0 Å². The second kappa shape index (κ2) is 5.67. The lowest BCUT2D eigenvalue weighted by atomic mass is 9.90. The summed E-state index contributed by atoms with van der Waals surface area (Å²) in [4.78, 5) is 14.1. The molecule has 3 nitrogen and oxygen atoms in total. The lowest BCUT2D eigenvalue weighted by molar-refractivity contribution is -0.135. The Balaban J connectivity index is 2.45. The first-order valence-electron chi connectivity index (χ1n) is 6.43. The fourth-order valence-electron chi connectivity index (χ4n) is 2.20. The molecule has 0 radical (unpaired) electrons. The normalized spacial score (nSPS) is 22.2. The van der Waals surface area contributed by atoms with Gasteiger partial charge in [0, 0.05) is 25.6 Å². The largest absolute Gasteiger partial charge is 0.338 e. The van der Waals surface area contributed by atoms with Crippen molar-refractivity contribution < 1.29 is 4.79 Å². The Labute approximate surface area is 99.4 Å². The van der Waals surface area contributed by atoms with Crippen molar-refractivity contribution in [1.82, 2.24) is 4.90 Å². The molecule has 2 N–H and O–H groups in total. The molecule has 0 aliphatic carbocycles. The van der Waals surface area contributed by atoms with Crippen molar-refractivity contribution in [2.75, 3.05) is 13.1 Å². The summed E-state index contributed by atoms with van der Waals surface area (Å²) in [5.41, 5.74) is 5.96. The highest BCUT2D eigenvalue weighted by atomic mass is 16.2. The molecule has 1 saturated heterocycles. The minimum absolute atomic E-state index is 0.240. The van der Waals surface area contributed by atoms with Crippen LogP contribution in [0.25, 0.3) is 0 Å². The average Bonchev–Trinajstić information content (AvgIpc) is 2.25. The highest BCUT2D eigenvalue weighted by molar-refractivity contribution is 5.76. The molecule has 0 aromatic heterocycles. The molecule has 0 bridgehead atoms. The zero-order valence-electron chi connectivity index (χ0n) is 11.0. The molecule has 1 aliphatic heterocycles. The van der Waals surface area contributed by atoms with Crippen LogP contribution in [-0.4, -0.2) is 29.9 Å². The maximum absolute atomic E-state index is 12.1. The highest BCUT2D eigenvalue weighted by Crippen LogP contribution is 2.23. The van der Waals surface area contributed by atoms with Crippen LogP contribution in [0.15, 0.2) is 0 Å². The van der Waals surface area contributed by atoms with Gasteiger partial charge in [-0.25, -0.2) is 0 Å². The van der Waals surface area contributed by atoms with Crippen LogP contribution < -0.4 is 5.73 Å². The minimum atomic E-state index is 0.240. The van der Waals surface area contributed by atoms with Gasteiger partial charge < -0.3 is 10.6 Å². The van der Waals surface area contributed by atoms with Gasteiger partial charge in [-0.3, -0.25) is 4.79 Å². The zero-order chi connectivity index (χ0) is 12.2. The molecular weight excluding hydrogens is 200 g/mol. The van der Waals surface area contributed by atoms with Crippen LogP contribution in [0.1, 0.15) is 52.9 Å². The predicted molar refractivity (Wildman–Crippen MR) is 67.1 cm³/mol. The van der Waals surface area contributed by atoms with E-state index in [-0.39, 0.29) is 5.41 Å². The molecule has 1 heterocycles. The maximum Gasteiger partial charge on any atom is 0.222 e. The number of carbonyl (C=O) groups excluding carboxylic acids is 1. The fourth-order valence-corrected chi connectivity index (χ4v) is 2.20. The van der Waals surface area contributed by atoms with E-state index < -0.39 is 0 Å². The van der Waals surface area contributed by atoms with Gasteiger partial charge in [0.2, 0.25) is 5.91 Å². The topological polar surface area (TPSA) is 46.3 Å². The first-order chi connectivity index (χ1) is 7.44. The molecule has 1 rings (SSSR count). The Hall–Kier alpha value is -0.570. The number of hydrogen-bond donors (Lipinski definition) is 1. The summed E-state index contributed by atoms with van der Waals surface area (Å²) in [7, 11) is 0. The van der Waals surface area contributed by atoms with Crippen LogP contribution in [0.2, 0.25) is 0 Å². The number of piperidine rings is 1. The van der Waals surface area contributed by atoms with Crippen molar-refractivity contribution in [2.45, 2.75) is 58.9 Å². The summed E-state index contributed by atoms with van der Waals surface area (Å²) in [5, 5.41) is 0. The van der Waals surface area contributed by atoms with Crippen LogP contribution in [0.5, 0.6) is 0 Å². The Morgan fingerprint density at radius 3 is 2.62 bits per heavy atom. The van der Waals surface area contributed by atoms with Crippen LogP contribution >= 0.6 is 0 Å². The number of hydrogen-bond acceptors (Lipinski definition) is 2. The molecule has 16 heavy (non-hydrogen) atoms. The van der Waals surface area contributed by atoms with Gasteiger partial charge in [0.25, 0.3) is 0 Å². The van der Waals surface area contributed by atoms with Gasteiger partial charge in [0.15, 0.2) is 0 Å². The molecule has 1 atom stereocenters. The number of carbonyl (C=O) groups is 1. The SMILES string of the molecule is CC(C)(C)CCC(=O)N1CCCCC1CN. The van der Waals surface area contributed by atoms with E-state index in [0.29, 0.717) is 24.9 Å². The first-order valence-corrected chi connectivity index (χ1v) is 6.43. The molecule has 1 aliphatic rings. The van der Waals surface area contributed by atoms with Gasteiger partial charge >= 0.3 is 0 Å². The van der Waals surface area contributed by atoms with Crippen LogP contribution in [-0.2, 0) is 4.79 Å². The van der Waals surface area contributed by atoms with Gasteiger partial charge in [-0.2, -0.15) is 0 Å². The molecule has 1 amide bonds. The zero-order valence-corrected chi connectivity index (χ0v) is 11.0. The Kier molecular flexibility index (Phi) is 4.78. The number of nitrogens with two attached hydrogens (primary N) is 1. The predicted octanol–water partition coefficient (Wildman–Crippen LogP) is 2.15. The van der Waals surface area contributed by atoms with Gasteiger partial charge in [-0.15, -0.1) is 0 Å². The lowest BCUT2D eigenvalue weighted by Crippen LogP contribution is -2.47. The molecule has 3 heteroatoms. The van der Waals surface area contributed by atoms with E-state index in [4.69, 9.17) is 5.73 Å². The van der Waals surface area contributed by atoms with E-state index in [1.54, 1.807) is 0 Å². The van der Waals surface area contributed by atoms with Crippen molar-refractivity contribution in [3.05, 3.63) is 0 Å². The number of amides is 1. The van der Waals surface area contributed by atoms with E-state index in [2.05, 4.69) is 20.8 Å². The summed E-state index contributed by atoms with van der Waals surface area (Å²) in [6.45, 7) is 8.05. The molecule has 0 aromatic carbocycles. The summed E-state index contributed by atoms with van der Waals surface area (Å²) >= 11 is 0. The Morgan fingerprint density at radius 1 is 1.38 bits per heavy atom. The molecule has 94 valence electrons. The van der Waals surface area contributed by atoms with Crippen molar-refractivity contribution in [3.8, 4) is 0 Å². The second-order valence-electron chi connectivity index (χ2n) is 6.03. The van der Waals surface area contributed by atoms with E-state index in [9.17, 15) is 4.79 Å². The van der Waals surface area contributed by atoms with Crippen molar-refractivity contribution in [1.29, 1.82) is 0 Å². The Morgan fingerprint density at radius 2 is 2.06 bits per heavy atom.